The molecule has 1 aliphatic heterocycles. The number of piperidine rings is 1. The third-order valence-corrected chi connectivity index (χ3v) is 3.79. The monoisotopic (exact) mass is 267 g/mol. The number of aryl methyl sites for hydroxylation is 1. The number of carbonyl (C=O) groups excluding carboxylic acids is 1. The van der Waals surface area contributed by atoms with E-state index in [9.17, 15) is 9.90 Å². The summed E-state index contributed by atoms with van der Waals surface area (Å²) < 4.78 is 0. The molecule has 1 aliphatic rings. The SMILES string of the molecule is Cc1ccc(Cl)cc1C(=O)N1CCC(C)(O)CC1. The largest absolute Gasteiger partial charge is 0.390 e. The van der Waals surface area contributed by atoms with Crippen LogP contribution in [0.15, 0.2) is 18.2 Å². The molecule has 0 aromatic heterocycles. The molecule has 0 spiro atoms. The summed E-state index contributed by atoms with van der Waals surface area (Å²) in [6.45, 7) is 4.92. The average molecular weight is 268 g/mol. The highest BCUT2D eigenvalue weighted by Crippen LogP contribution is 2.24. The minimum absolute atomic E-state index is 0.00509. The fraction of sp³-hybridized carbons (Fsp3) is 0.500. The summed E-state index contributed by atoms with van der Waals surface area (Å²) in [7, 11) is 0. The third-order valence-electron chi connectivity index (χ3n) is 3.56. The standard InChI is InChI=1S/C14H18ClNO2/c1-10-3-4-11(15)9-12(10)13(17)16-7-5-14(2,18)6-8-16/h3-4,9,18H,5-8H2,1-2H3. The number of hydrogen-bond donors (Lipinski definition) is 1. The molecule has 1 aromatic rings. The maximum absolute atomic E-state index is 12.4. The van der Waals surface area contributed by atoms with Crippen LogP contribution in [-0.4, -0.2) is 34.6 Å². The predicted octanol–water partition coefficient (Wildman–Crippen LogP) is 2.64. The first-order chi connectivity index (χ1) is 8.39. The van der Waals surface area contributed by atoms with E-state index in [4.69, 9.17) is 11.6 Å². The summed E-state index contributed by atoms with van der Waals surface area (Å²) in [6.07, 6.45) is 1.25. The van der Waals surface area contributed by atoms with Gasteiger partial charge in [-0.3, -0.25) is 4.79 Å². The zero-order chi connectivity index (χ0) is 13.3. The van der Waals surface area contributed by atoms with Crippen LogP contribution in [0.1, 0.15) is 35.7 Å². The van der Waals surface area contributed by atoms with Gasteiger partial charge in [0, 0.05) is 23.7 Å². The number of hydrogen-bond acceptors (Lipinski definition) is 2. The summed E-state index contributed by atoms with van der Waals surface area (Å²) in [5, 5.41) is 10.5. The van der Waals surface area contributed by atoms with Crippen LogP contribution in [0.5, 0.6) is 0 Å². The number of rotatable bonds is 1. The summed E-state index contributed by atoms with van der Waals surface area (Å²) >= 11 is 5.93. The lowest BCUT2D eigenvalue weighted by atomic mass is 9.93. The third kappa shape index (κ3) is 2.85. The molecular formula is C14H18ClNO2. The molecule has 2 rings (SSSR count). The molecule has 0 radical (unpaired) electrons. The second kappa shape index (κ2) is 4.90. The molecule has 1 aromatic carbocycles. The van der Waals surface area contributed by atoms with Gasteiger partial charge in [-0.2, -0.15) is 0 Å². The normalized spacial score (nSPS) is 18.8. The van der Waals surface area contributed by atoms with Crippen molar-refractivity contribution < 1.29 is 9.90 Å². The van der Waals surface area contributed by atoms with E-state index in [2.05, 4.69) is 0 Å². The van der Waals surface area contributed by atoms with Crippen LogP contribution >= 0.6 is 11.6 Å². The van der Waals surface area contributed by atoms with Gasteiger partial charge >= 0.3 is 0 Å². The molecule has 4 heteroatoms. The van der Waals surface area contributed by atoms with E-state index in [-0.39, 0.29) is 5.91 Å². The number of carbonyl (C=O) groups is 1. The van der Waals surface area contributed by atoms with Crippen molar-refractivity contribution >= 4 is 17.5 Å². The van der Waals surface area contributed by atoms with Gasteiger partial charge < -0.3 is 10.0 Å². The van der Waals surface area contributed by atoms with E-state index in [1.54, 1.807) is 17.0 Å². The highest BCUT2D eigenvalue weighted by molar-refractivity contribution is 6.31. The van der Waals surface area contributed by atoms with E-state index < -0.39 is 5.60 Å². The van der Waals surface area contributed by atoms with Gasteiger partial charge in [0.1, 0.15) is 0 Å². The van der Waals surface area contributed by atoms with E-state index in [1.165, 1.54) is 0 Å². The Bertz CT molecular complexity index is 461. The second-order valence-corrected chi connectivity index (χ2v) is 5.68. The highest BCUT2D eigenvalue weighted by atomic mass is 35.5. The Labute approximate surface area is 112 Å². The van der Waals surface area contributed by atoms with Gasteiger partial charge in [0.25, 0.3) is 5.91 Å². The van der Waals surface area contributed by atoms with Gasteiger partial charge in [-0.05, 0) is 44.4 Å². The molecule has 0 aliphatic carbocycles. The van der Waals surface area contributed by atoms with Crippen molar-refractivity contribution in [3.8, 4) is 0 Å². The van der Waals surface area contributed by atoms with Crippen LogP contribution in [-0.2, 0) is 0 Å². The molecule has 3 nitrogen and oxygen atoms in total. The lowest BCUT2D eigenvalue weighted by Gasteiger charge is -2.36. The summed E-state index contributed by atoms with van der Waals surface area (Å²) in [6, 6.07) is 5.36. The maximum atomic E-state index is 12.4. The Morgan fingerprint density at radius 3 is 2.61 bits per heavy atom. The van der Waals surface area contributed by atoms with Gasteiger partial charge in [0.15, 0.2) is 0 Å². The van der Waals surface area contributed by atoms with Crippen molar-refractivity contribution in [2.45, 2.75) is 32.3 Å². The molecule has 18 heavy (non-hydrogen) atoms. The zero-order valence-electron chi connectivity index (χ0n) is 10.7. The molecule has 98 valence electrons. The lowest BCUT2D eigenvalue weighted by molar-refractivity contribution is -0.00204. The van der Waals surface area contributed by atoms with Crippen molar-refractivity contribution in [1.82, 2.24) is 4.90 Å². The zero-order valence-corrected chi connectivity index (χ0v) is 11.5. The molecule has 1 saturated heterocycles. The first-order valence-electron chi connectivity index (χ1n) is 6.17. The summed E-state index contributed by atoms with van der Waals surface area (Å²) in [4.78, 5) is 14.2. The fourth-order valence-corrected chi connectivity index (χ4v) is 2.36. The molecule has 0 atom stereocenters. The average Bonchev–Trinajstić information content (AvgIpc) is 2.31. The smallest absolute Gasteiger partial charge is 0.254 e. The van der Waals surface area contributed by atoms with Crippen molar-refractivity contribution in [3.63, 3.8) is 0 Å². The van der Waals surface area contributed by atoms with Gasteiger partial charge in [0.05, 0.1) is 5.60 Å². The van der Waals surface area contributed by atoms with Crippen LogP contribution < -0.4 is 0 Å². The Morgan fingerprint density at radius 1 is 1.39 bits per heavy atom. The molecule has 0 bridgehead atoms. The molecule has 1 N–H and O–H groups in total. The minimum Gasteiger partial charge on any atom is -0.390 e. The Hall–Kier alpha value is -1.06. The van der Waals surface area contributed by atoms with Gasteiger partial charge in [-0.15, -0.1) is 0 Å². The van der Waals surface area contributed by atoms with E-state index in [0.717, 1.165) is 5.56 Å². The Morgan fingerprint density at radius 2 is 2.00 bits per heavy atom. The Balaban J connectivity index is 2.15. The summed E-state index contributed by atoms with van der Waals surface area (Å²) in [5.74, 6) is 0.00509. The number of benzene rings is 1. The lowest BCUT2D eigenvalue weighted by Crippen LogP contribution is -2.45. The van der Waals surface area contributed by atoms with Crippen LogP contribution in [0.4, 0.5) is 0 Å². The summed E-state index contributed by atoms with van der Waals surface area (Å²) in [5.41, 5.74) is 0.950. The Kier molecular flexibility index (Phi) is 3.64. The molecule has 1 heterocycles. The predicted molar refractivity (Wildman–Crippen MR) is 72.0 cm³/mol. The number of likely N-dealkylation sites (tertiary alicyclic amines) is 1. The van der Waals surface area contributed by atoms with Crippen molar-refractivity contribution in [3.05, 3.63) is 34.3 Å². The first-order valence-corrected chi connectivity index (χ1v) is 6.55. The van der Waals surface area contributed by atoms with Crippen LogP contribution in [0.3, 0.4) is 0 Å². The number of amides is 1. The van der Waals surface area contributed by atoms with Gasteiger partial charge in [0.2, 0.25) is 0 Å². The minimum atomic E-state index is -0.639. The quantitative estimate of drug-likeness (QED) is 0.850. The molecular weight excluding hydrogens is 250 g/mol. The van der Waals surface area contributed by atoms with Crippen molar-refractivity contribution in [2.24, 2.45) is 0 Å². The number of nitrogens with zero attached hydrogens (tertiary/aromatic N) is 1. The van der Waals surface area contributed by atoms with Crippen molar-refractivity contribution in [2.75, 3.05) is 13.1 Å². The molecule has 1 fully saturated rings. The van der Waals surface area contributed by atoms with Gasteiger partial charge in [-0.1, -0.05) is 17.7 Å². The number of halogens is 1. The van der Waals surface area contributed by atoms with Crippen LogP contribution in [0, 0.1) is 6.92 Å². The van der Waals surface area contributed by atoms with E-state index in [1.807, 2.05) is 19.9 Å². The number of aliphatic hydroxyl groups is 1. The van der Waals surface area contributed by atoms with E-state index in [0.29, 0.717) is 36.5 Å². The maximum Gasteiger partial charge on any atom is 0.254 e. The van der Waals surface area contributed by atoms with Crippen LogP contribution in [0.25, 0.3) is 0 Å². The highest BCUT2D eigenvalue weighted by Gasteiger charge is 2.30. The fourth-order valence-electron chi connectivity index (χ4n) is 2.19. The topological polar surface area (TPSA) is 40.5 Å². The van der Waals surface area contributed by atoms with Crippen LogP contribution in [0.2, 0.25) is 5.02 Å². The van der Waals surface area contributed by atoms with Crippen molar-refractivity contribution in [1.29, 1.82) is 0 Å². The molecule has 1 amide bonds. The van der Waals surface area contributed by atoms with E-state index >= 15 is 0 Å². The van der Waals surface area contributed by atoms with Gasteiger partial charge in [-0.25, -0.2) is 0 Å². The first kappa shape index (κ1) is 13.4. The molecule has 0 saturated carbocycles. The second-order valence-electron chi connectivity index (χ2n) is 5.25. The molecule has 0 unspecified atom stereocenters.